The summed E-state index contributed by atoms with van der Waals surface area (Å²) in [5.41, 5.74) is 7.57. The van der Waals surface area contributed by atoms with Crippen molar-refractivity contribution in [2.24, 2.45) is 11.1 Å². The van der Waals surface area contributed by atoms with Gasteiger partial charge in [-0.05, 0) is 31.9 Å². The van der Waals surface area contributed by atoms with Crippen LogP contribution in [-0.4, -0.2) is 32.0 Å². The number of hydrogen-bond acceptors (Lipinski definition) is 5. The summed E-state index contributed by atoms with van der Waals surface area (Å²) in [6.45, 7) is 6.45. The van der Waals surface area contributed by atoms with Gasteiger partial charge in [0.2, 0.25) is 11.6 Å². The van der Waals surface area contributed by atoms with E-state index in [0.717, 1.165) is 54.1 Å². The van der Waals surface area contributed by atoms with Crippen LogP contribution in [-0.2, 0) is 4.79 Å². The monoisotopic (exact) mass is 340 g/mol. The average Bonchev–Trinajstić information content (AvgIpc) is 2.97. The molecule has 0 saturated heterocycles. The molecule has 132 valence electrons. The van der Waals surface area contributed by atoms with Crippen LogP contribution in [0.15, 0.2) is 24.3 Å². The minimum atomic E-state index is -0.460. The molecular formula is C18H24N6O. The summed E-state index contributed by atoms with van der Waals surface area (Å²) in [7, 11) is 0. The number of nitrogens with zero attached hydrogens (tertiary/aromatic N) is 4. The second-order valence-electron chi connectivity index (χ2n) is 6.99. The summed E-state index contributed by atoms with van der Waals surface area (Å²) < 4.78 is 2.01. The molecule has 2 heterocycles. The van der Waals surface area contributed by atoms with Crippen LogP contribution >= 0.6 is 0 Å². The molecule has 0 aliphatic heterocycles. The van der Waals surface area contributed by atoms with Crippen molar-refractivity contribution in [1.82, 2.24) is 19.6 Å². The molecule has 7 heteroatoms. The Balaban J connectivity index is 1.72. The number of carbonyl (C=O) groups excluding carboxylic acids is 1. The number of para-hydroxylation sites is 2. The van der Waals surface area contributed by atoms with E-state index in [0.29, 0.717) is 0 Å². The van der Waals surface area contributed by atoms with Crippen molar-refractivity contribution < 1.29 is 4.79 Å². The molecule has 0 fully saturated rings. The maximum Gasteiger partial charge on any atom is 0.223 e. The Hall–Kier alpha value is -2.70. The van der Waals surface area contributed by atoms with Gasteiger partial charge in [0.1, 0.15) is 5.82 Å². The van der Waals surface area contributed by atoms with E-state index in [-0.39, 0.29) is 5.91 Å². The molecule has 0 aliphatic rings. The molecule has 3 aromatic rings. The lowest BCUT2D eigenvalue weighted by molar-refractivity contribution is -0.126. The fourth-order valence-electron chi connectivity index (χ4n) is 2.86. The zero-order valence-corrected chi connectivity index (χ0v) is 14.9. The first-order chi connectivity index (χ1) is 11.9. The molecule has 0 saturated carbocycles. The topological polar surface area (TPSA) is 98.2 Å². The molecule has 1 amide bonds. The van der Waals surface area contributed by atoms with Crippen LogP contribution in [0.4, 0.5) is 5.82 Å². The Kier molecular flexibility index (Phi) is 4.57. The van der Waals surface area contributed by atoms with Crippen LogP contribution in [0.25, 0.3) is 16.7 Å². The number of carbonyl (C=O) groups is 1. The summed E-state index contributed by atoms with van der Waals surface area (Å²) in [5.74, 6) is 1.31. The highest BCUT2D eigenvalue weighted by molar-refractivity contribution is 5.82. The van der Waals surface area contributed by atoms with Crippen LogP contribution in [0, 0.1) is 12.3 Å². The fraction of sp³-hybridized carbons (Fsp3) is 0.444. The number of anilines is 1. The van der Waals surface area contributed by atoms with Crippen LogP contribution < -0.4 is 11.1 Å². The largest absolute Gasteiger partial charge is 0.369 e. The lowest BCUT2D eigenvalue weighted by Crippen LogP contribution is -2.31. The summed E-state index contributed by atoms with van der Waals surface area (Å²) in [5, 5.41) is 11.8. The second kappa shape index (κ2) is 6.66. The minimum absolute atomic E-state index is 0.253. The number of amides is 1. The second-order valence-corrected chi connectivity index (χ2v) is 6.99. The highest BCUT2D eigenvalue weighted by Crippen LogP contribution is 2.23. The Morgan fingerprint density at radius 1 is 1.24 bits per heavy atom. The van der Waals surface area contributed by atoms with Crippen molar-refractivity contribution in [1.29, 1.82) is 0 Å². The van der Waals surface area contributed by atoms with E-state index in [9.17, 15) is 4.79 Å². The Bertz CT molecular complexity index is 914. The van der Waals surface area contributed by atoms with Gasteiger partial charge < -0.3 is 11.1 Å². The van der Waals surface area contributed by atoms with Crippen molar-refractivity contribution in [2.75, 3.05) is 11.9 Å². The third-order valence-electron chi connectivity index (χ3n) is 4.58. The zero-order valence-electron chi connectivity index (χ0n) is 14.9. The number of nitrogens with one attached hydrogen (secondary N) is 1. The third-order valence-corrected chi connectivity index (χ3v) is 4.58. The highest BCUT2D eigenvalue weighted by Gasteiger charge is 2.23. The summed E-state index contributed by atoms with van der Waals surface area (Å²) >= 11 is 0. The van der Waals surface area contributed by atoms with Gasteiger partial charge in [0, 0.05) is 12.0 Å². The smallest absolute Gasteiger partial charge is 0.223 e. The number of benzene rings is 1. The van der Waals surface area contributed by atoms with Crippen molar-refractivity contribution in [3.8, 4) is 0 Å². The van der Waals surface area contributed by atoms with Crippen molar-refractivity contribution in [2.45, 2.75) is 40.0 Å². The first-order valence-corrected chi connectivity index (χ1v) is 8.54. The van der Waals surface area contributed by atoms with Gasteiger partial charge in [0.15, 0.2) is 5.82 Å². The molecule has 0 radical (unpaired) electrons. The van der Waals surface area contributed by atoms with Crippen LogP contribution in [0.5, 0.6) is 0 Å². The SMILES string of the molecule is Cc1nnc2c(NCCCCC(C)(C)C(N)=O)nc3ccccc3n12. The molecule has 1 aromatic carbocycles. The lowest BCUT2D eigenvalue weighted by Gasteiger charge is -2.19. The van der Waals surface area contributed by atoms with Gasteiger partial charge in [-0.3, -0.25) is 9.20 Å². The molecule has 3 N–H and O–H groups in total. The quantitative estimate of drug-likeness (QED) is 0.644. The molecule has 0 aliphatic carbocycles. The number of hydrogen-bond donors (Lipinski definition) is 2. The van der Waals surface area contributed by atoms with Crippen molar-refractivity contribution in [3.63, 3.8) is 0 Å². The van der Waals surface area contributed by atoms with Gasteiger partial charge in [0.05, 0.1) is 11.0 Å². The van der Waals surface area contributed by atoms with Crippen LogP contribution in [0.2, 0.25) is 0 Å². The van der Waals surface area contributed by atoms with Gasteiger partial charge in [0.25, 0.3) is 0 Å². The number of aryl methyl sites for hydroxylation is 1. The standard InChI is InChI=1S/C18H24N6O/c1-12-22-23-16-15(20-11-7-6-10-18(2,3)17(19)25)21-13-8-4-5-9-14(13)24(12)16/h4-5,8-9H,6-7,10-11H2,1-3H3,(H2,19,25)(H,20,21). The molecular weight excluding hydrogens is 316 g/mol. The zero-order chi connectivity index (χ0) is 18.0. The minimum Gasteiger partial charge on any atom is -0.369 e. The molecule has 0 unspecified atom stereocenters. The van der Waals surface area contributed by atoms with Gasteiger partial charge >= 0.3 is 0 Å². The number of aromatic nitrogens is 4. The number of rotatable bonds is 7. The van der Waals surface area contributed by atoms with Crippen LogP contribution in [0.1, 0.15) is 38.9 Å². The maximum atomic E-state index is 11.4. The molecule has 7 nitrogen and oxygen atoms in total. The Morgan fingerprint density at radius 3 is 2.76 bits per heavy atom. The molecule has 0 bridgehead atoms. The summed E-state index contributed by atoms with van der Waals surface area (Å²) in [4.78, 5) is 16.0. The van der Waals surface area contributed by atoms with Gasteiger partial charge in [-0.25, -0.2) is 4.98 Å². The fourth-order valence-corrected chi connectivity index (χ4v) is 2.86. The molecule has 0 atom stereocenters. The predicted molar refractivity (Wildman–Crippen MR) is 98.3 cm³/mol. The third kappa shape index (κ3) is 3.40. The predicted octanol–water partition coefficient (Wildman–Crippen LogP) is 2.68. The molecule has 0 spiro atoms. The Labute approximate surface area is 146 Å². The van der Waals surface area contributed by atoms with E-state index >= 15 is 0 Å². The maximum absolute atomic E-state index is 11.4. The average molecular weight is 340 g/mol. The van der Waals surface area contributed by atoms with Gasteiger partial charge in [-0.1, -0.05) is 32.4 Å². The van der Waals surface area contributed by atoms with E-state index in [1.165, 1.54) is 0 Å². The van der Waals surface area contributed by atoms with E-state index in [1.807, 2.05) is 49.4 Å². The van der Waals surface area contributed by atoms with E-state index < -0.39 is 5.41 Å². The first kappa shape index (κ1) is 17.1. The van der Waals surface area contributed by atoms with Crippen molar-refractivity contribution in [3.05, 3.63) is 30.1 Å². The van der Waals surface area contributed by atoms with Crippen LogP contribution in [0.3, 0.4) is 0 Å². The molecule has 25 heavy (non-hydrogen) atoms. The lowest BCUT2D eigenvalue weighted by atomic mass is 9.86. The van der Waals surface area contributed by atoms with E-state index in [2.05, 4.69) is 20.5 Å². The number of nitrogens with two attached hydrogens (primary N) is 1. The van der Waals surface area contributed by atoms with Gasteiger partial charge in [-0.15, -0.1) is 10.2 Å². The molecule has 3 rings (SSSR count). The number of fused-ring (bicyclic) bond motifs is 3. The Morgan fingerprint density at radius 2 is 2.00 bits per heavy atom. The number of unbranched alkanes of at least 4 members (excludes halogenated alkanes) is 1. The van der Waals surface area contributed by atoms with E-state index in [4.69, 9.17) is 5.73 Å². The van der Waals surface area contributed by atoms with E-state index in [1.54, 1.807) is 0 Å². The summed E-state index contributed by atoms with van der Waals surface area (Å²) in [6.07, 6.45) is 2.61. The molecule has 2 aromatic heterocycles. The summed E-state index contributed by atoms with van der Waals surface area (Å²) in [6, 6.07) is 7.95. The first-order valence-electron chi connectivity index (χ1n) is 8.54. The number of primary amides is 1. The van der Waals surface area contributed by atoms with Crippen molar-refractivity contribution >= 4 is 28.4 Å². The normalized spacial score (nSPS) is 12.0. The highest BCUT2D eigenvalue weighted by atomic mass is 16.1. The van der Waals surface area contributed by atoms with Gasteiger partial charge in [-0.2, -0.15) is 0 Å².